The maximum absolute atomic E-state index is 4.43. The Morgan fingerprint density at radius 1 is 1.25 bits per heavy atom. The molecule has 112 valence electrons. The van der Waals surface area contributed by atoms with Gasteiger partial charge >= 0.3 is 0 Å². The number of hydrogen-bond donors (Lipinski definition) is 1. The first-order valence-corrected chi connectivity index (χ1v) is 8.11. The number of rotatable bonds is 6. The van der Waals surface area contributed by atoms with Crippen molar-refractivity contribution >= 4 is 0 Å². The standard InChI is InChI=1S/C17H29N3/c1-3-18-17-11-6-4-5-9-15(17)13-20(2)14-16-10-7-8-12-19-16/h7-8,10,12,15,17-18H,3-6,9,11,13-14H2,1-2H3. The summed E-state index contributed by atoms with van der Waals surface area (Å²) in [6.07, 6.45) is 8.78. The molecule has 0 aliphatic heterocycles. The molecule has 2 atom stereocenters. The third-order valence-electron chi connectivity index (χ3n) is 4.33. The molecule has 1 saturated carbocycles. The van der Waals surface area contributed by atoms with E-state index in [1.807, 2.05) is 12.3 Å². The van der Waals surface area contributed by atoms with E-state index in [-0.39, 0.29) is 0 Å². The summed E-state index contributed by atoms with van der Waals surface area (Å²) in [4.78, 5) is 6.86. The maximum Gasteiger partial charge on any atom is 0.0543 e. The lowest BCUT2D eigenvalue weighted by molar-refractivity contribution is 0.218. The molecule has 2 unspecified atom stereocenters. The zero-order valence-corrected chi connectivity index (χ0v) is 13.0. The Hall–Kier alpha value is -0.930. The second kappa shape index (κ2) is 8.38. The van der Waals surface area contributed by atoms with Crippen LogP contribution in [0.25, 0.3) is 0 Å². The number of pyridine rings is 1. The van der Waals surface area contributed by atoms with Crippen molar-refractivity contribution in [2.24, 2.45) is 5.92 Å². The molecule has 3 nitrogen and oxygen atoms in total. The van der Waals surface area contributed by atoms with Gasteiger partial charge in [0.2, 0.25) is 0 Å². The third kappa shape index (κ3) is 4.88. The molecule has 20 heavy (non-hydrogen) atoms. The van der Waals surface area contributed by atoms with Crippen LogP contribution < -0.4 is 5.32 Å². The van der Waals surface area contributed by atoms with Gasteiger partial charge in [0.1, 0.15) is 0 Å². The van der Waals surface area contributed by atoms with Crippen LogP contribution in [-0.2, 0) is 6.54 Å². The van der Waals surface area contributed by atoms with Crippen molar-refractivity contribution in [3.8, 4) is 0 Å². The van der Waals surface area contributed by atoms with Crippen LogP contribution in [0, 0.1) is 5.92 Å². The zero-order valence-electron chi connectivity index (χ0n) is 13.0. The minimum absolute atomic E-state index is 0.702. The maximum atomic E-state index is 4.43. The molecule has 1 aromatic heterocycles. The molecule has 3 heteroatoms. The summed E-state index contributed by atoms with van der Waals surface area (Å²) in [5.41, 5.74) is 1.17. The van der Waals surface area contributed by atoms with Gasteiger partial charge in [-0.3, -0.25) is 4.98 Å². The van der Waals surface area contributed by atoms with Gasteiger partial charge in [0.05, 0.1) is 5.69 Å². The van der Waals surface area contributed by atoms with E-state index in [1.165, 1.54) is 44.3 Å². The van der Waals surface area contributed by atoms with Gasteiger partial charge in [-0.15, -0.1) is 0 Å². The second-order valence-electron chi connectivity index (χ2n) is 6.08. The van der Waals surface area contributed by atoms with Crippen LogP contribution in [0.4, 0.5) is 0 Å². The first-order valence-electron chi connectivity index (χ1n) is 8.11. The Balaban J connectivity index is 1.88. The van der Waals surface area contributed by atoms with Gasteiger partial charge in [-0.2, -0.15) is 0 Å². The molecule has 0 spiro atoms. The van der Waals surface area contributed by atoms with Crippen LogP contribution in [0.15, 0.2) is 24.4 Å². The molecule has 1 aliphatic rings. The van der Waals surface area contributed by atoms with E-state index >= 15 is 0 Å². The monoisotopic (exact) mass is 275 g/mol. The van der Waals surface area contributed by atoms with Gasteiger partial charge in [-0.05, 0) is 44.5 Å². The number of nitrogens with zero attached hydrogens (tertiary/aromatic N) is 2. The van der Waals surface area contributed by atoms with Crippen molar-refractivity contribution in [3.63, 3.8) is 0 Å². The Labute approximate surface area is 123 Å². The van der Waals surface area contributed by atoms with Crippen LogP contribution in [0.3, 0.4) is 0 Å². The smallest absolute Gasteiger partial charge is 0.0543 e. The molecule has 1 heterocycles. The summed E-state index contributed by atoms with van der Waals surface area (Å²) in [7, 11) is 2.22. The van der Waals surface area contributed by atoms with Gasteiger partial charge in [-0.25, -0.2) is 0 Å². The molecule has 1 aliphatic carbocycles. The minimum Gasteiger partial charge on any atom is -0.314 e. The molecule has 2 rings (SSSR count). The highest BCUT2D eigenvalue weighted by Gasteiger charge is 2.24. The van der Waals surface area contributed by atoms with Crippen molar-refractivity contribution in [2.75, 3.05) is 20.1 Å². The Bertz CT molecular complexity index is 366. The Kier molecular flexibility index (Phi) is 6.48. The fourth-order valence-electron chi connectivity index (χ4n) is 3.37. The SMILES string of the molecule is CCNC1CCCCCC1CN(C)Cc1ccccn1. The van der Waals surface area contributed by atoms with Crippen molar-refractivity contribution in [2.45, 2.75) is 51.6 Å². The van der Waals surface area contributed by atoms with Crippen LogP contribution >= 0.6 is 0 Å². The van der Waals surface area contributed by atoms with Gasteiger partial charge in [0.15, 0.2) is 0 Å². The van der Waals surface area contributed by atoms with Crippen LogP contribution in [0.1, 0.15) is 44.7 Å². The largest absolute Gasteiger partial charge is 0.314 e. The molecule has 0 bridgehead atoms. The predicted octanol–water partition coefficient (Wildman–Crippen LogP) is 3.07. The predicted molar refractivity (Wildman–Crippen MR) is 84.6 cm³/mol. The summed E-state index contributed by atoms with van der Waals surface area (Å²) in [5, 5.41) is 3.70. The molecule has 1 aromatic rings. The van der Waals surface area contributed by atoms with Crippen LogP contribution in [0.5, 0.6) is 0 Å². The zero-order chi connectivity index (χ0) is 14.2. The average molecular weight is 275 g/mol. The molecular weight excluding hydrogens is 246 g/mol. The third-order valence-corrected chi connectivity index (χ3v) is 4.33. The first-order chi connectivity index (χ1) is 9.79. The lowest BCUT2D eigenvalue weighted by Gasteiger charge is -2.30. The fourth-order valence-corrected chi connectivity index (χ4v) is 3.37. The molecule has 0 radical (unpaired) electrons. The van der Waals surface area contributed by atoms with E-state index in [2.05, 4.69) is 41.3 Å². The van der Waals surface area contributed by atoms with E-state index in [4.69, 9.17) is 0 Å². The topological polar surface area (TPSA) is 28.2 Å². The summed E-state index contributed by atoms with van der Waals surface area (Å²) < 4.78 is 0. The van der Waals surface area contributed by atoms with Crippen molar-refractivity contribution in [3.05, 3.63) is 30.1 Å². The summed E-state index contributed by atoms with van der Waals surface area (Å²) in [5.74, 6) is 0.783. The normalized spacial score (nSPS) is 23.8. The lowest BCUT2D eigenvalue weighted by atomic mass is 9.94. The quantitative estimate of drug-likeness (QED) is 0.809. The Morgan fingerprint density at radius 3 is 2.85 bits per heavy atom. The number of aromatic nitrogens is 1. The second-order valence-corrected chi connectivity index (χ2v) is 6.08. The molecule has 0 amide bonds. The van der Waals surface area contributed by atoms with Gasteiger partial charge in [-0.1, -0.05) is 32.3 Å². The van der Waals surface area contributed by atoms with Crippen molar-refractivity contribution in [1.29, 1.82) is 0 Å². The first kappa shape index (κ1) is 15.5. The highest BCUT2D eigenvalue weighted by Crippen LogP contribution is 2.24. The van der Waals surface area contributed by atoms with E-state index < -0.39 is 0 Å². The van der Waals surface area contributed by atoms with E-state index in [1.54, 1.807) is 0 Å². The van der Waals surface area contributed by atoms with Crippen molar-refractivity contribution in [1.82, 2.24) is 15.2 Å². The number of nitrogens with one attached hydrogen (secondary N) is 1. The van der Waals surface area contributed by atoms with Crippen molar-refractivity contribution < 1.29 is 0 Å². The fraction of sp³-hybridized carbons (Fsp3) is 0.706. The highest BCUT2D eigenvalue weighted by molar-refractivity contribution is 5.03. The highest BCUT2D eigenvalue weighted by atomic mass is 15.1. The van der Waals surface area contributed by atoms with E-state index in [0.29, 0.717) is 6.04 Å². The average Bonchev–Trinajstić information content (AvgIpc) is 2.66. The van der Waals surface area contributed by atoms with E-state index in [0.717, 1.165) is 19.0 Å². The van der Waals surface area contributed by atoms with E-state index in [9.17, 15) is 0 Å². The minimum atomic E-state index is 0.702. The molecule has 0 aromatic carbocycles. The molecule has 0 saturated heterocycles. The molecule has 1 fully saturated rings. The lowest BCUT2D eigenvalue weighted by Crippen LogP contribution is -2.40. The summed E-state index contributed by atoms with van der Waals surface area (Å²) >= 11 is 0. The van der Waals surface area contributed by atoms with Gasteiger partial charge in [0.25, 0.3) is 0 Å². The Morgan fingerprint density at radius 2 is 2.10 bits per heavy atom. The van der Waals surface area contributed by atoms with Gasteiger partial charge < -0.3 is 10.2 Å². The van der Waals surface area contributed by atoms with Crippen LogP contribution in [-0.4, -0.2) is 36.1 Å². The molecular formula is C17H29N3. The summed E-state index contributed by atoms with van der Waals surface area (Å²) in [6, 6.07) is 6.87. The summed E-state index contributed by atoms with van der Waals surface area (Å²) in [6.45, 7) is 5.44. The van der Waals surface area contributed by atoms with Crippen LogP contribution in [0.2, 0.25) is 0 Å². The van der Waals surface area contributed by atoms with Gasteiger partial charge in [0, 0.05) is 25.3 Å². The number of hydrogen-bond acceptors (Lipinski definition) is 3. The molecule has 1 N–H and O–H groups in total.